The molecular formula is C22H21N8O9PS4. The fourth-order valence-electron chi connectivity index (χ4n) is 4.04. The molecule has 4 N–H and O–H groups in total. The lowest BCUT2D eigenvalue weighted by Gasteiger charge is -2.50. The summed E-state index contributed by atoms with van der Waals surface area (Å²) in [5.74, 6) is -4.15. The topological polar surface area (TPSA) is 240 Å². The first-order valence-corrected chi connectivity index (χ1v) is 17.7. The number of carboxylic acid groups (broad SMARTS) is 1. The zero-order chi connectivity index (χ0) is 31.8. The fourth-order valence-corrected chi connectivity index (χ4v) is 9.19. The zero-order valence-electron chi connectivity index (χ0n) is 22.5. The van der Waals surface area contributed by atoms with Crippen molar-refractivity contribution in [2.45, 2.75) is 22.7 Å². The Morgan fingerprint density at radius 2 is 2.07 bits per heavy atom. The van der Waals surface area contributed by atoms with Crippen LogP contribution in [0.1, 0.15) is 12.7 Å². The van der Waals surface area contributed by atoms with Crippen molar-refractivity contribution in [2.24, 2.45) is 12.2 Å². The number of oxime groups is 1. The van der Waals surface area contributed by atoms with Crippen LogP contribution in [0, 0.1) is 0 Å². The van der Waals surface area contributed by atoms with Gasteiger partial charge in [-0.1, -0.05) is 16.9 Å². The molecular weight excluding hydrogens is 680 g/mol. The predicted octanol–water partition coefficient (Wildman–Crippen LogP) is -1.10. The van der Waals surface area contributed by atoms with E-state index in [0.29, 0.717) is 21.6 Å². The quantitative estimate of drug-likeness (QED) is 0.0611. The molecule has 1 saturated heterocycles. The van der Waals surface area contributed by atoms with Gasteiger partial charge >= 0.3 is 7.75 Å². The van der Waals surface area contributed by atoms with Crippen molar-refractivity contribution in [3.8, 4) is 11.3 Å². The summed E-state index contributed by atoms with van der Waals surface area (Å²) in [5.41, 5.74) is 0.512. The molecule has 17 nitrogen and oxygen atoms in total. The van der Waals surface area contributed by atoms with Crippen molar-refractivity contribution in [3.05, 3.63) is 46.3 Å². The van der Waals surface area contributed by atoms with E-state index in [-0.39, 0.29) is 28.2 Å². The summed E-state index contributed by atoms with van der Waals surface area (Å²) < 4.78 is 30.7. The summed E-state index contributed by atoms with van der Waals surface area (Å²) in [6, 6.07) is 2.35. The number of anilines is 1. The Kier molecular flexibility index (Phi) is 9.25. The van der Waals surface area contributed by atoms with Crippen LogP contribution < -0.4 is 20.1 Å². The number of nitrogens with zero attached hydrogens (tertiary/aromatic N) is 6. The molecule has 3 atom stereocenters. The number of carbonyl (C=O) groups excluding carboxylic acids is 3. The van der Waals surface area contributed by atoms with Crippen molar-refractivity contribution in [3.63, 3.8) is 0 Å². The van der Waals surface area contributed by atoms with Gasteiger partial charge < -0.3 is 29.8 Å². The maximum absolute atomic E-state index is 13.3. The number of pyridine rings is 1. The minimum Gasteiger partial charge on any atom is -0.543 e. The van der Waals surface area contributed by atoms with E-state index >= 15 is 0 Å². The number of β-lactam (4-membered cyclic amide) rings is 1. The number of thiazole rings is 1. The molecule has 0 spiro atoms. The minimum atomic E-state index is -4.72. The lowest BCUT2D eigenvalue weighted by Crippen LogP contribution is -2.74. The van der Waals surface area contributed by atoms with Gasteiger partial charge in [0, 0.05) is 39.5 Å². The number of aromatic nitrogens is 4. The van der Waals surface area contributed by atoms with Gasteiger partial charge in [0.2, 0.25) is 16.7 Å². The summed E-state index contributed by atoms with van der Waals surface area (Å²) in [7, 11) is -4.68. The molecule has 0 radical (unpaired) electrons. The molecule has 44 heavy (non-hydrogen) atoms. The minimum absolute atomic E-state index is 0.0299. The molecule has 0 aromatic carbocycles. The molecule has 3 aromatic heterocycles. The highest BCUT2D eigenvalue weighted by molar-refractivity contribution is 8.05. The zero-order valence-corrected chi connectivity index (χ0v) is 26.6. The Morgan fingerprint density at radius 3 is 2.73 bits per heavy atom. The highest BCUT2D eigenvalue weighted by atomic mass is 32.2. The van der Waals surface area contributed by atoms with Gasteiger partial charge in [0.25, 0.3) is 11.8 Å². The molecule has 3 aromatic rings. The number of aryl methyl sites for hydroxylation is 1. The van der Waals surface area contributed by atoms with E-state index in [9.17, 15) is 28.3 Å². The summed E-state index contributed by atoms with van der Waals surface area (Å²) in [4.78, 5) is 70.9. The largest absolute Gasteiger partial charge is 0.543 e. The average molecular weight is 701 g/mol. The second-order valence-electron chi connectivity index (χ2n) is 8.92. The van der Waals surface area contributed by atoms with Crippen LogP contribution in [0.5, 0.6) is 0 Å². The number of thioether (sulfide) groups is 1. The number of rotatable bonds is 11. The van der Waals surface area contributed by atoms with Crippen molar-refractivity contribution in [1.29, 1.82) is 0 Å². The number of hydrogen-bond donors (Lipinski definition) is 4. The second-order valence-corrected chi connectivity index (χ2v) is 14.7. The van der Waals surface area contributed by atoms with Gasteiger partial charge in [0.15, 0.2) is 16.7 Å². The molecule has 0 aliphatic carbocycles. The predicted molar refractivity (Wildman–Crippen MR) is 156 cm³/mol. The van der Waals surface area contributed by atoms with Gasteiger partial charge in [0.1, 0.15) is 25.1 Å². The molecule has 5 rings (SSSR count). The standard InChI is InChI=1S/C22H21N8O9PS4/c1-3-39-26-13(16-25-21(43-28-16)27-40(35,36)37)17(31)24-14-18(32)30-15(20(33)34)12(9-44(38)19(14)30)42-22-23-11(8-41-22)10-4-6-29(2)7-5-10/h4-8,14,19H,3,9H2,1-2H3,(H4-,24,25,27,28,31,33,34,35,36,37)/b26-13-/t14-,19-,44?/m1/s1. The summed E-state index contributed by atoms with van der Waals surface area (Å²) in [6.45, 7) is 1.60. The van der Waals surface area contributed by atoms with Crippen LogP contribution in [0.4, 0.5) is 5.13 Å². The molecule has 2 amide bonds. The van der Waals surface area contributed by atoms with Gasteiger partial charge in [0.05, 0.1) is 33.9 Å². The van der Waals surface area contributed by atoms with Gasteiger partial charge in [-0.2, -0.15) is 9.36 Å². The van der Waals surface area contributed by atoms with Crippen LogP contribution in [-0.2, 0) is 41.6 Å². The summed E-state index contributed by atoms with van der Waals surface area (Å²) in [6.07, 6.45) is 3.71. The van der Waals surface area contributed by atoms with Gasteiger partial charge in [-0.15, -0.1) is 11.3 Å². The molecule has 2 aliphatic rings. The van der Waals surface area contributed by atoms with Gasteiger partial charge in [-0.25, -0.2) is 14.1 Å². The van der Waals surface area contributed by atoms with Crippen molar-refractivity contribution in [1.82, 2.24) is 24.6 Å². The Hall–Kier alpha value is -3.59. The Morgan fingerprint density at radius 1 is 1.34 bits per heavy atom. The number of fused-ring (bicyclic) bond motifs is 1. The van der Waals surface area contributed by atoms with E-state index in [4.69, 9.17) is 14.6 Å². The normalized spacial score (nSPS) is 20.2. The maximum atomic E-state index is 13.3. The van der Waals surface area contributed by atoms with Crippen LogP contribution in [0.3, 0.4) is 0 Å². The van der Waals surface area contributed by atoms with Crippen LogP contribution in [0.15, 0.2) is 50.0 Å². The number of nitrogens with one attached hydrogen (secondary N) is 2. The second kappa shape index (κ2) is 12.8. The van der Waals surface area contributed by atoms with Crippen molar-refractivity contribution in [2.75, 3.05) is 17.4 Å². The number of carbonyl (C=O) groups is 3. The van der Waals surface area contributed by atoms with E-state index in [2.05, 4.69) is 24.8 Å². The summed E-state index contributed by atoms with van der Waals surface area (Å²) in [5, 5.41) is 20.3. The Balaban J connectivity index is 1.35. The van der Waals surface area contributed by atoms with Crippen LogP contribution >= 0.6 is 42.4 Å². The average Bonchev–Trinajstić information content (AvgIpc) is 3.61. The molecule has 0 saturated carbocycles. The summed E-state index contributed by atoms with van der Waals surface area (Å²) >= 11 is 2.75. The Labute approximate surface area is 262 Å². The van der Waals surface area contributed by atoms with E-state index in [1.54, 1.807) is 12.3 Å². The third-order valence-electron chi connectivity index (χ3n) is 5.92. The first kappa shape index (κ1) is 31.8. The van der Waals surface area contributed by atoms with Crippen LogP contribution in [-0.4, -0.2) is 80.5 Å². The van der Waals surface area contributed by atoms with E-state index < -0.39 is 59.2 Å². The molecule has 5 heterocycles. The van der Waals surface area contributed by atoms with Crippen LogP contribution in [0.25, 0.3) is 11.3 Å². The lowest BCUT2D eigenvalue weighted by molar-refractivity contribution is -0.671. The van der Waals surface area contributed by atoms with Gasteiger partial charge in [-0.3, -0.25) is 23.8 Å². The highest BCUT2D eigenvalue weighted by Crippen LogP contribution is 2.42. The smallest absolute Gasteiger partial charge is 0.429 e. The molecule has 1 fully saturated rings. The monoisotopic (exact) mass is 700 g/mol. The van der Waals surface area contributed by atoms with Gasteiger partial charge in [-0.05, 0) is 6.92 Å². The first-order valence-electron chi connectivity index (χ1n) is 12.3. The number of amides is 2. The molecule has 22 heteroatoms. The van der Waals surface area contributed by atoms with Crippen molar-refractivity contribution >= 4 is 81.8 Å². The fraction of sp³-hybridized carbons (Fsp3) is 0.273. The SMILES string of the molecule is CCO/N=C(\C(=O)N[C@@H]1C(=O)N2C(C(=O)[O-])=C(Sc3nc(-c4cc[n+](C)cc4)cs3)CS(=O)[C@H]12)c1nsc(NP(=O)(O)O)n1. The third kappa shape index (κ3) is 6.72. The highest BCUT2D eigenvalue weighted by Gasteiger charge is 2.56. The van der Waals surface area contributed by atoms with E-state index in [1.165, 1.54) is 11.3 Å². The number of aliphatic carboxylic acids is 1. The first-order chi connectivity index (χ1) is 20.9. The molecule has 0 bridgehead atoms. The van der Waals surface area contributed by atoms with Crippen LogP contribution in [0.2, 0.25) is 0 Å². The number of hydrogen-bond acceptors (Lipinski definition) is 14. The number of carboxylic acids is 1. The van der Waals surface area contributed by atoms with E-state index in [0.717, 1.165) is 22.2 Å². The Bertz CT molecular complexity index is 1770. The molecule has 2 aliphatic heterocycles. The third-order valence-corrected chi connectivity index (χ3v) is 11.0. The van der Waals surface area contributed by atoms with E-state index in [1.807, 2.05) is 41.2 Å². The van der Waals surface area contributed by atoms with Crippen molar-refractivity contribution < 1.29 is 47.5 Å². The molecule has 1 unspecified atom stereocenters. The molecule has 232 valence electrons. The maximum Gasteiger partial charge on any atom is 0.429 e. The lowest BCUT2D eigenvalue weighted by atomic mass is 10.0.